The number of carbonyl (C=O) groups is 1. The van der Waals surface area contributed by atoms with E-state index in [9.17, 15) is 4.79 Å². The zero-order valence-corrected chi connectivity index (χ0v) is 15.1. The maximum absolute atomic E-state index is 12.4. The molecule has 9 heteroatoms. The van der Waals surface area contributed by atoms with Gasteiger partial charge in [-0.15, -0.1) is 15.3 Å². The predicted molar refractivity (Wildman–Crippen MR) is 99.2 cm³/mol. The Balaban J connectivity index is 1.67. The Morgan fingerprint density at radius 3 is 2.78 bits per heavy atom. The van der Waals surface area contributed by atoms with Crippen LogP contribution in [0.4, 0.5) is 5.82 Å². The van der Waals surface area contributed by atoms with E-state index in [0.717, 1.165) is 16.8 Å². The highest BCUT2D eigenvalue weighted by atomic mass is 35.5. The lowest BCUT2D eigenvalue weighted by atomic mass is 9.86. The first kappa shape index (κ1) is 16.0. The van der Waals surface area contributed by atoms with E-state index in [1.807, 2.05) is 31.2 Å². The summed E-state index contributed by atoms with van der Waals surface area (Å²) in [7, 11) is 0. The van der Waals surface area contributed by atoms with Crippen LogP contribution in [-0.4, -0.2) is 35.5 Å². The van der Waals surface area contributed by atoms with Gasteiger partial charge in [0.2, 0.25) is 5.91 Å². The van der Waals surface area contributed by atoms with Gasteiger partial charge in [-0.2, -0.15) is 14.3 Å². The molecule has 8 nitrogen and oxygen atoms in total. The number of hydrogen-bond acceptors (Lipinski definition) is 5. The number of aryl methyl sites for hydroxylation is 1. The number of benzene rings is 1. The molecule has 0 saturated heterocycles. The van der Waals surface area contributed by atoms with E-state index in [2.05, 4.69) is 25.7 Å². The highest BCUT2D eigenvalue weighted by Gasteiger charge is 2.32. The average Bonchev–Trinajstić information content (AvgIpc) is 3.25. The second kappa shape index (κ2) is 5.88. The fourth-order valence-electron chi connectivity index (χ4n) is 3.52. The summed E-state index contributed by atoms with van der Waals surface area (Å²) >= 11 is 6.02. The van der Waals surface area contributed by atoms with Crippen LogP contribution in [0.1, 0.15) is 29.2 Å². The zero-order chi connectivity index (χ0) is 18.5. The number of aromatic nitrogens is 6. The molecule has 0 aliphatic carbocycles. The number of fused-ring (bicyclic) bond motifs is 2. The third-order valence-corrected chi connectivity index (χ3v) is 4.99. The van der Waals surface area contributed by atoms with Gasteiger partial charge in [0, 0.05) is 22.9 Å². The Hall–Kier alpha value is -3.26. The van der Waals surface area contributed by atoms with Gasteiger partial charge in [0.05, 0.1) is 5.69 Å². The molecule has 134 valence electrons. The standard InChI is InChI=1S/C18H14ClN7O/c1-10-17-13(11-2-4-12(19)5-3-11)8-16(27)21-18(17)26(23-10)15-7-6-14-22-20-9-25(14)24-15/h2-7,9,13H,8H2,1H3,(H,21,27)/t13-/m0/s1. The molecule has 1 N–H and O–H groups in total. The topological polar surface area (TPSA) is 90.0 Å². The Labute approximate surface area is 158 Å². The normalized spacial score (nSPS) is 16.4. The summed E-state index contributed by atoms with van der Waals surface area (Å²) < 4.78 is 3.23. The van der Waals surface area contributed by atoms with Gasteiger partial charge in [-0.1, -0.05) is 23.7 Å². The van der Waals surface area contributed by atoms with Gasteiger partial charge in [0.25, 0.3) is 0 Å². The molecule has 0 spiro atoms. The molecule has 1 aromatic carbocycles. The summed E-state index contributed by atoms with van der Waals surface area (Å²) in [6, 6.07) is 11.2. The highest BCUT2D eigenvalue weighted by molar-refractivity contribution is 6.30. The third kappa shape index (κ3) is 2.57. The fraction of sp³-hybridized carbons (Fsp3) is 0.167. The smallest absolute Gasteiger partial charge is 0.226 e. The van der Waals surface area contributed by atoms with Crippen molar-refractivity contribution in [3.63, 3.8) is 0 Å². The molecule has 3 aromatic heterocycles. The van der Waals surface area contributed by atoms with Crippen LogP contribution in [0, 0.1) is 6.92 Å². The van der Waals surface area contributed by atoms with Gasteiger partial charge in [0.1, 0.15) is 12.1 Å². The molecule has 4 aromatic rings. The van der Waals surface area contributed by atoms with Crippen LogP contribution >= 0.6 is 11.6 Å². The molecule has 1 aliphatic rings. The average molecular weight is 380 g/mol. The molecule has 0 saturated carbocycles. The van der Waals surface area contributed by atoms with E-state index in [1.165, 1.54) is 6.33 Å². The molecule has 0 unspecified atom stereocenters. The minimum absolute atomic E-state index is 0.0611. The molecule has 0 radical (unpaired) electrons. The molecule has 0 fully saturated rings. The lowest BCUT2D eigenvalue weighted by Crippen LogP contribution is -2.25. The van der Waals surface area contributed by atoms with Gasteiger partial charge < -0.3 is 5.32 Å². The summed E-state index contributed by atoms with van der Waals surface area (Å²) in [4.78, 5) is 12.4. The molecule has 0 bridgehead atoms. The number of hydrogen-bond donors (Lipinski definition) is 1. The first-order valence-corrected chi connectivity index (χ1v) is 8.80. The SMILES string of the molecule is Cc1nn(-c2ccc3nncn3n2)c2c1[C@H](c1ccc(Cl)cc1)CC(=O)N2. The molecule has 1 aliphatic heterocycles. The number of nitrogens with zero attached hydrogens (tertiary/aromatic N) is 6. The predicted octanol–water partition coefficient (Wildman–Crippen LogP) is 2.75. The van der Waals surface area contributed by atoms with Gasteiger partial charge in [-0.3, -0.25) is 4.79 Å². The van der Waals surface area contributed by atoms with Crippen molar-refractivity contribution in [2.45, 2.75) is 19.3 Å². The first-order valence-electron chi connectivity index (χ1n) is 8.42. The second-order valence-electron chi connectivity index (χ2n) is 6.44. The van der Waals surface area contributed by atoms with Crippen LogP contribution in [0.2, 0.25) is 5.02 Å². The Bertz CT molecular complexity index is 1180. The molecule has 1 atom stereocenters. The third-order valence-electron chi connectivity index (χ3n) is 4.74. The van der Waals surface area contributed by atoms with Crippen molar-refractivity contribution in [1.82, 2.24) is 29.6 Å². The van der Waals surface area contributed by atoms with Gasteiger partial charge >= 0.3 is 0 Å². The van der Waals surface area contributed by atoms with Gasteiger partial charge in [-0.25, -0.2) is 0 Å². The molecule has 1 amide bonds. The van der Waals surface area contributed by atoms with Crippen molar-refractivity contribution in [1.29, 1.82) is 0 Å². The molecular weight excluding hydrogens is 366 g/mol. The van der Waals surface area contributed by atoms with E-state index in [4.69, 9.17) is 11.6 Å². The van der Waals surface area contributed by atoms with Gasteiger partial charge in [0.15, 0.2) is 11.5 Å². The highest BCUT2D eigenvalue weighted by Crippen LogP contribution is 2.40. The summed E-state index contributed by atoms with van der Waals surface area (Å²) in [6.45, 7) is 1.94. The lowest BCUT2D eigenvalue weighted by molar-refractivity contribution is -0.116. The van der Waals surface area contributed by atoms with Crippen molar-refractivity contribution < 1.29 is 4.79 Å². The number of rotatable bonds is 2. The number of anilines is 1. The van der Waals surface area contributed by atoms with Crippen LogP contribution < -0.4 is 5.32 Å². The number of nitrogens with one attached hydrogen (secondary N) is 1. The van der Waals surface area contributed by atoms with E-state index in [0.29, 0.717) is 28.7 Å². The van der Waals surface area contributed by atoms with E-state index >= 15 is 0 Å². The molecule has 27 heavy (non-hydrogen) atoms. The van der Waals surface area contributed by atoms with Crippen molar-refractivity contribution in [2.75, 3.05) is 5.32 Å². The summed E-state index contributed by atoms with van der Waals surface area (Å²) in [6.07, 6.45) is 1.88. The Kier molecular flexibility index (Phi) is 3.48. The quantitative estimate of drug-likeness (QED) is 0.578. The largest absolute Gasteiger partial charge is 0.310 e. The van der Waals surface area contributed by atoms with E-state index < -0.39 is 0 Å². The summed E-state index contributed by atoms with van der Waals surface area (Å²) in [5.74, 6) is 1.07. The van der Waals surface area contributed by atoms with Crippen LogP contribution in [0.15, 0.2) is 42.7 Å². The minimum Gasteiger partial charge on any atom is -0.310 e. The maximum atomic E-state index is 12.4. The van der Waals surface area contributed by atoms with Crippen LogP contribution in [-0.2, 0) is 4.79 Å². The van der Waals surface area contributed by atoms with E-state index in [1.54, 1.807) is 21.3 Å². The van der Waals surface area contributed by atoms with Crippen molar-refractivity contribution in [3.8, 4) is 5.82 Å². The van der Waals surface area contributed by atoms with Crippen LogP contribution in [0.5, 0.6) is 0 Å². The lowest BCUT2D eigenvalue weighted by Gasteiger charge is -2.24. The van der Waals surface area contributed by atoms with Crippen molar-refractivity contribution in [2.24, 2.45) is 0 Å². The monoisotopic (exact) mass is 379 g/mol. The summed E-state index contributed by atoms with van der Waals surface area (Å²) in [5, 5.41) is 20.5. The Morgan fingerprint density at radius 1 is 1.15 bits per heavy atom. The fourth-order valence-corrected chi connectivity index (χ4v) is 3.65. The summed E-state index contributed by atoms with van der Waals surface area (Å²) in [5.41, 5.74) is 3.50. The first-order chi connectivity index (χ1) is 13.1. The zero-order valence-electron chi connectivity index (χ0n) is 14.3. The van der Waals surface area contributed by atoms with Crippen LogP contribution in [0.25, 0.3) is 11.5 Å². The van der Waals surface area contributed by atoms with Crippen molar-refractivity contribution >= 4 is 29.0 Å². The molecular formula is C18H14ClN7O. The maximum Gasteiger partial charge on any atom is 0.226 e. The minimum atomic E-state index is -0.0848. The number of carbonyl (C=O) groups excluding carboxylic acids is 1. The van der Waals surface area contributed by atoms with Gasteiger partial charge in [-0.05, 0) is 36.8 Å². The van der Waals surface area contributed by atoms with Crippen LogP contribution in [0.3, 0.4) is 0 Å². The molecule has 4 heterocycles. The number of halogens is 1. The number of amides is 1. The Morgan fingerprint density at radius 2 is 1.96 bits per heavy atom. The van der Waals surface area contributed by atoms with Crippen molar-refractivity contribution in [3.05, 3.63) is 64.6 Å². The van der Waals surface area contributed by atoms with E-state index in [-0.39, 0.29) is 11.8 Å². The molecule has 5 rings (SSSR count). The second-order valence-corrected chi connectivity index (χ2v) is 6.88.